The molecule has 4 nitrogen and oxygen atoms in total. The Balaban J connectivity index is 2.25. The second-order valence-electron chi connectivity index (χ2n) is 6.64. The van der Waals surface area contributed by atoms with Crippen molar-refractivity contribution in [2.24, 2.45) is 0 Å². The molecule has 2 aromatic heterocycles. The molecule has 0 aromatic carbocycles. The standard InChI is InChI=1S/C17H25N3O/c1-11(10-18-17(4,5)6)15-12(2)19-16(20-13(15)3)14-8-7-9-21-14/h7-9,11,18H,10H2,1-6H3. The average molecular weight is 287 g/mol. The van der Waals surface area contributed by atoms with Crippen molar-refractivity contribution in [2.45, 2.75) is 53.0 Å². The molecule has 0 aliphatic rings. The first-order valence-corrected chi connectivity index (χ1v) is 7.42. The Hall–Kier alpha value is -1.68. The van der Waals surface area contributed by atoms with Crippen molar-refractivity contribution in [3.05, 3.63) is 35.3 Å². The van der Waals surface area contributed by atoms with E-state index in [2.05, 4.69) is 43.0 Å². The van der Waals surface area contributed by atoms with E-state index in [1.54, 1.807) is 6.26 Å². The van der Waals surface area contributed by atoms with Crippen LogP contribution in [0.1, 0.15) is 50.6 Å². The van der Waals surface area contributed by atoms with Gasteiger partial charge in [0.1, 0.15) is 0 Å². The normalized spacial score (nSPS) is 13.4. The van der Waals surface area contributed by atoms with Crippen molar-refractivity contribution < 1.29 is 4.42 Å². The van der Waals surface area contributed by atoms with Gasteiger partial charge in [-0.15, -0.1) is 0 Å². The van der Waals surface area contributed by atoms with Crippen LogP contribution in [-0.4, -0.2) is 22.1 Å². The quantitative estimate of drug-likeness (QED) is 0.928. The van der Waals surface area contributed by atoms with Gasteiger partial charge in [-0.1, -0.05) is 6.92 Å². The first-order chi connectivity index (χ1) is 9.78. The topological polar surface area (TPSA) is 51.0 Å². The van der Waals surface area contributed by atoms with Gasteiger partial charge in [0, 0.05) is 23.5 Å². The third kappa shape index (κ3) is 3.91. The third-order valence-corrected chi connectivity index (χ3v) is 3.50. The molecule has 1 N–H and O–H groups in total. The summed E-state index contributed by atoms with van der Waals surface area (Å²) in [7, 11) is 0. The maximum absolute atomic E-state index is 5.38. The van der Waals surface area contributed by atoms with E-state index in [0.717, 1.165) is 17.9 Å². The van der Waals surface area contributed by atoms with Gasteiger partial charge in [-0.05, 0) is 58.2 Å². The van der Waals surface area contributed by atoms with E-state index in [9.17, 15) is 0 Å². The highest BCUT2D eigenvalue weighted by atomic mass is 16.3. The molecule has 0 fully saturated rings. The molecular weight excluding hydrogens is 262 g/mol. The lowest BCUT2D eigenvalue weighted by Crippen LogP contribution is -2.38. The first-order valence-electron chi connectivity index (χ1n) is 7.42. The lowest BCUT2D eigenvalue weighted by molar-refractivity contribution is 0.411. The SMILES string of the molecule is Cc1nc(-c2ccco2)nc(C)c1C(C)CNC(C)(C)C. The Bertz CT molecular complexity index is 574. The molecule has 0 spiro atoms. The minimum absolute atomic E-state index is 0.116. The Labute approximate surface area is 127 Å². The lowest BCUT2D eigenvalue weighted by atomic mass is 9.96. The lowest BCUT2D eigenvalue weighted by Gasteiger charge is -2.25. The summed E-state index contributed by atoms with van der Waals surface area (Å²) in [5, 5.41) is 3.54. The van der Waals surface area contributed by atoms with Crippen molar-refractivity contribution in [2.75, 3.05) is 6.54 Å². The van der Waals surface area contributed by atoms with Crippen LogP contribution in [0.5, 0.6) is 0 Å². The van der Waals surface area contributed by atoms with Gasteiger partial charge < -0.3 is 9.73 Å². The minimum atomic E-state index is 0.116. The van der Waals surface area contributed by atoms with E-state index < -0.39 is 0 Å². The van der Waals surface area contributed by atoms with Crippen molar-refractivity contribution in [3.63, 3.8) is 0 Å². The number of furan rings is 1. The van der Waals surface area contributed by atoms with Crippen LogP contribution in [-0.2, 0) is 0 Å². The van der Waals surface area contributed by atoms with Crippen LogP contribution in [0.3, 0.4) is 0 Å². The number of rotatable bonds is 4. The van der Waals surface area contributed by atoms with E-state index in [-0.39, 0.29) is 5.54 Å². The molecule has 21 heavy (non-hydrogen) atoms. The van der Waals surface area contributed by atoms with E-state index >= 15 is 0 Å². The van der Waals surface area contributed by atoms with Crippen molar-refractivity contribution in [1.82, 2.24) is 15.3 Å². The second kappa shape index (κ2) is 5.98. The van der Waals surface area contributed by atoms with E-state index in [0.29, 0.717) is 17.5 Å². The number of hydrogen-bond donors (Lipinski definition) is 1. The third-order valence-electron chi connectivity index (χ3n) is 3.50. The highest BCUT2D eigenvalue weighted by Crippen LogP contribution is 2.24. The van der Waals surface area contributed by atoms with E-state index in [1.165, 1.54) is 5.56 Å². The maximum atomic E-state index is 5.38. The van der Waals surface area contributed by atoms with Crippen molar-refractivity contribution in [1.29, 1.82) is 0 Å². The first kappa shape index (κ1) is 15.7. The fraction of sp³-hybridized carbons (Fsp3) is 0.529. The highest BCUT2D eigenvalue weighted by Gasteiger charge is 2.18. The summed E-state index contributed by atoms with van der Waals surface area (Å²) in [5.74, 6) is 1.75. The number of aryl methyl sites for hydroxylation is 2. The molecule has 0 radical (unpaired) electrons. The largest absolute Gasteiger partial charge is 0.461 e. The molecule has 2 heterocycles. The molecule has 0 aliphatic carbocycles. The number of aromatic nitrogens is 2. The summed E-state index contributed by atoms with van der Waals surface area (Å²) >= 11 is 0. The Kier molecular flexibility index (Phi) is 4.47. The molecule has 1 unspecified atom stereocenters. The van der Waals surface area contributed by atoms with Crippen LogP contribution in [0.4, 0.5) is 0 Å². The predicted octanol–water partition coefficient (Wildman–Crippen LogP) is 3.85. The summed E-state index contributed by atoms with van der Waals surface area (Å²) < 4.78 is 5.38. The fourth-order valence-corrected chi connectivity index (χ4v) is 2.52. The zero-order chi connectivity index (χ0) is 15.6. The summed E-state index contributed by atoms with van der Waals surface area (Å²) in [6.45, 7) is 13.7. The van der Waals surface area contributed by atoms with Crippen LogP contribution in [0, 0.1) is 13.8 Å². The van der Waals surface area contributed by atoms with Crippen LogP contribution in [0.2, 0.25) is 0 Å². The summed E-state index contributed by atoms with van der Waals surface area (Å²) in [5.41, 5.74) is 3.39. The van der Waals surface area contributed by atoms with Crippen molar-refractivity contribution >= 4 is 0 Å². The summed E-state index contributed by atoms with van der Waals surface area (Å²) in [6, 6.07) is 3.74. The van der Waals surface area contributed by atoms with Gasteiger partial charge in [-0.25, -0.2) is 9.97 Å². The molecule has 4 heteroatoms. The zero-order valence-electron chi connectivity index (χ0n) is 13.8. The molecule has 114 valence electrons. The summed E-state index contributed by atoms with van der Waals surface area (Å²) in [6.07, 6.45) is 1.65. The highest BCUT2D eigenvalue weighted by molar-refractivity contribution is 5.48. The van der Waals surface area contributed by atoms with Gasteiger partial charge >= 0.3 is 0 Å². The monoisotopic (exact) mass is 287 g/mol. The van der Waals surface area contributed by atoms with Crippen LogP contribution < -0.4 is 5.32 Å². The Morgan fingerprint density at radius 3 is 2.29 bits per heavy atom. The second-order valence-corrected chi connectivity index (χ2v) is 6.64. The van der Waals surface area contributed by atoms with Crippen LogP contribution in [0.15, 0.2) is 22.8 Å². The molecule has 1 atom stereocenters. The van der Waals surface area contributed by atoms with E-state index in [1.807, 2.05) is 26.0 Å². The molecule has 0 amide bonds. The molecule has 0 aliphatic heterocycles. The molecule has 0 saturated carbocycles. The van der Waals surface area contributed by atoms with Gasteiger partial charge in [0.05, 0.1) is 6.26 Å². The average Bonchev–Trinajstić information content (AvgIpc) is 2.88. The Morgan fingerprint density at radius 1 is 1.19 bits per heavy atom. The predicted molar refractivity (Wildman–Crippen MR) is 85.4 cm³/mol. The van der Waals surface area contributed by atoms with Gasteiger partial charge in [0.25, 0.3) is 0 Å². The molecule has 0 bridgehead atoms. The van der Waals surface area contributed by atoms with Crippen LogP contribution in [0.25, 0.3) is 11.6 Å². The number of hydrogen-bond acceptors (Lipinski definition) is 4. The van der Waals surface area contributed by atoms with Crippen LogP contribution >= 0.6 is 0 Å². The Morgan fingerprint density at radius 2 is 1.81 bits per heavy atom. The number of nitrogens with one attached hydrogen (secondary N) is 1. The van der Waals surface area contributed by atoms with Gasteiger partial charge in [-0.3, -0.25) is 0 Å². The zero-order valence-corrected chi connectivity index (χ0v) is 13.8. The van der Waals surface area contributed by atoms with Gasteiger partial charge in [0.15, 0.2) is 11.6 Å². The van der Waals surface area contributed by atoms with Crippen molar-refractivity contribution in [3.8, 4) is 11.6 Å². The number of nitrogens with zero attached hydrogens (tertiary/aromatic N) is 2. The smallest absolute Gasteiger partial charge is 0.196 e. The minimum Gasteiger partial charge on any atom is -0.461 e. The molecule has 2 aromatic rings. The molecule has 2 rings (SSSR count). The molecule has 0 saturated heterocycles. The fourth-order valence-electron chi connectivity index (χ4n) is 2.52. The summed E-state index contributed by atoms with van der Waals surface area (Å²) in [4.78, 5) is 9.22. The molecular formula is C17H25N3O. The van der Waals surface area contributed by atoms with E-state index in [4.69, 9.17) is 4.42 Å². The van der Waals surface area contributed by atoms with Gasteiger partial charge in [-0.2, -0.15) is 0 Å². The van der Waals surface area contributed by atoms with Gasteiger partial charge in [0.2, 0.25) is 0 Å². The maximum Gasteiger partial charge on any atom is 0.196 e.